The maximum absolute atomic E-state index is 12.4. The number of allylic oxidation sites excluding steroid dienone is 1. The lowest BCUT2D eigenvalue weighted by molar-refractivity contribution is -0.122. The van der Waals surface area contributed by atoms with Crippen molar-refractivity contribution in [3.8, 4) is 0 Å². The summed E-state index contributed by atoms with van der Waals surface area (Å²) in [6.45, 7) is 6.64. The van der Waals surface area contributed by atoms with Gasteiger partial charge in [0.25, 0.3) is 0 Å². The summed E-state index contributed by atoms with van der Waals surface area (Å²) in [7, 11) is 0. The van der Waals surface area contributed by atoms with Crippen LogP contribution in [-0.4, -0.2) is 23.2 Å². The van der Waals surface area contributed by atoms with Crippen LogP contribution >= 0.6 is 0 Å². The van der Waals surface area contributed by atoms with Crippen molar-refractivity contribution >= 4 is 5.91 Å². The lowest BCUT2D eigenvalue weighted by Gasteiger charge is -2.21. The molecule has 0 heterocycles. The van der Waals surface area contributed by atoms with Crippen molar-refractivity contribution < 1.29 is 9.90 Å². The Bertz CT molecular complexity index is 462. The molecule has 3 nitrogen and oxygen atoms in total. The Balaban J connectivity index is 3.81. The number of nitrogens with one attached hydrogen (secondary N) is 1. The Labute approximate surface area is 220 Å². The van der Waals surface area contributed by atoms with Gasteiger partial charge in [-0.05, 0) is 25.7 Å². The predicted molar refractivity (Wildman–Crippen MR) is 155 cm³/mol. The highest BCUT2D eigenvalue weighted by Crippen LogP contribution is 2.13. The van der Waals surface area contributed by atoms with Gasteiger partial charge in [-0.25, -0.2) is 0 Å². The Kier molecular flexibility index (Phi) is 27.1. The van der Waals surface area contributed by atoms with Crippen LogP contribution in [0.25, 0.3) is 0 Å². The van der Waals surface area contributed by atoms with E-state index in [-0.39, 0.29) is 11.9 Å². The molecule has 0 saturated heterocycles. The molecule has 208 valence electrons. The molecule has 2 atom stereocenters. The van der Waals surface area contributed by atoms with Crippen LogP contribution in [0.2, 0.25) is 0 Å². The van der Waals surface area contributed by atoms with E-state index in [1.54, 1.807) is 0 Å². The van der Waals surface area contributed by atoms with Crippen LogP contribution in [-0.2, 0) is 4.79 Å². The summed E-state index contributed by atoms with van der Waals surface area (Å²) in [6, 6.07) is -0.153. The summed E-state index contributed by atoms with van der Waals surface area (Å²) in [4.78, 5) is 12.4. The van der Waals surface area contributed by atoms with Crippen molar-refractivity contribution in [2.45, 2.75) is 187 Å². The van der Waals surface area contributed by atoms with Gasteiger partial charge in [0.1, 0.15) is 0 Å². The number of hydrogen-bond donors (Lipinski definition) is 2. The number of carbonyl (C=O) groups excluding carboxylic acids is 1. The molecule has 0 aliphatic heterocycles. The van der Waals surface area contributed by atoms with Crippen molar-refractivity contribution in [2.75, 3.05) is 0 Å². The molecule has 0 aliphatic carbocycles. The van der Waals surface area contributed by atoms with Crippen LogP contribution in [0.4, 0.5) is 0 Å². The third-order valence-electron chi connectivity index (χ3n) is 7.17. The first-order valence-electron chi connectivity index (χ1n) is 15.8. The molecular weight excluding hydrogens is 430 g/mol. The Morgan fingerprint density at radius 3 is 1.51 bits per heavy atom. The van der Waals surface area contributed by atoms with Gasteiger partial charge in [0.2, 0.25) is 5.91 Å². The summed E-state index contributed by atoms with van der Waals surface area (Å²) in [5, 5.41) is 13.7. The van der Waals surface area contributed by atoms with E-state index in [0.29, 0.717) is 6.42 Å². The number of amides is 1. The maximum atomic E-state index is 12.4. The van der Waals surface area contributed by atoms with Gasteiger partial charge in [-0.3, -0.25) is 4.79 Å². The molecule has 0 aromatic heterocycles. The van der Waals surface area contributed by atoms with Gasteiger partial charge in [0.05, 0.1) is 12.1 Å². The van der Waals surface area contributed by atoms with Crippen LogP contribution in [0.15, 0.2) is 12.2 Å². The zero-order valence-electron chi connectivity index (χ0n) is 24.1. The Morgan fingerprint density at radius 1 is 0.629 bits per heavy atom. The van der Waals surface area contributed by atoms with E-state index in [4.69, 9.17) is 0 Å². The molecule has 0 radical (unpaired) electrons. The number of rotatable bonds is 27. The van der Waals surface area contributed by atoms with Gasteiger partial charge in [-0.15, -0.1) is 0 Å². The molecule has 3 heteroatoms. The molecule has 1 amide bonds. The van der Waals surface area contributed by atoms with Crippen LogP contribution in [0.1, 0.15) is 175 Å². The van der Waals surface area contributed by atoms with E-state index in [9.17, 15) is 9.90 Å². The molecule has 0 aliphatic rings. The van der Waals surface area contributed by atoms with E-state index < -0.39 is 6.10 Å². The van der Waals surface area contributed by atoms with Gasteiger partial charge in [-0.1, -0.05) is 155 Å². The molecule has 0 fully saturated rings. The molecule has 0 saturated carbocycles. The first kappa shape index (κ1) is 34.2. The van der Waals surface area contributed by atoms with Crippen LogP contribution in [0.5, 0.6) is 0 Å². The number of hydrogen-bond acceptors (Lipinski definition) is 2. The largest absolute Gasteiger partial charge is 0.387 e. The molecule has 0 aromatic carbocycles. The second-order valence-electron chi connectivity index (χ2n) is 10.8. The second kappa shape index (κ2) is 27.8. The Morgan fingerprint density at radius 2 is 1.06 bits per heavy atom. The second-order valence-corrected chi connectivity index (χ2v) is 10.8. The lowest BCUT2D eigenvalue weighted by atomic mass is 10.0. The third-order valence-corrected chi connectivity index (χ3v) is 7.17. The minimum absolute atomic E-state index is 0.101. The van der Waals surface area contributed by atoms with Gasteiger partial charge in [0.15, 0.2) is 0 Å². The van der Waals surface area contributed by atoms with Gasteiger partial charge >= 0.3 is 0 Å². The Hall–Kier alpha value is -0.830. The normalized spacial score (nSPS) is 13.4. The minimum Gasteiger partial charge on any atom is -0.387 e. The molecule has 2 N–H and O–H groups in total. The smallest absolute Gasteiger partial charge is 0.220 e. The van der Waals surface area contributed by atoms with Crippen LogP contribution in [0.3, 0.4) is 0 Å². The quantitative estimate of drug-likeness (QED) is 0.0883. The average molecular weight is 494 g/mol. The first-order valence-corrected chi connectivity index (χ1v) is 15.8. The number of unbranched alkanes of at least 4 members (excludes halogenated alkanes) is 19. The van der Waals surface area contributed by atoms with E-state index >= 15 is 0 Å². The highest BCUT2D eigenvalue weighted by molar-refractivity contribution is 5.76. The fourth-order valence-electron chi connectivity index (χ4n) is 4.81. The topological polar surface area (TPSA) is 49.3 Å². The molecular formula is C32H63NO2. The van der Waals surface area contributed by atoms with E-state index in [1.165, 1.54) is 116 Å². The molecule has 0 bridgehead atoms. The van der Waals surface area contributed by atoms with Gasteiger partial charge in [0, 0.05) is 6.42 Å². The van der Waals surface area contributed by atoms with Crippen molar-refractivity contribution in [3.05, 3.63) is 12.2 Å². The van der Waals surface area contributed by atoms with E-state index in [2.05, 4.69) is 32.2 Å². The third kappa shape index (κ3) is 24.6. The van der Waals surface area contributed by atoms with Crippen molar-refractivity contribution in [3.63, 3.8) is 0 Å². The molecule has 0 rings (SSSR count). The van der Waals surface area contributed by atoms with E-state index in [1.807, 2.05) is 6.08 Å². The number of aliphatic hydroxyl groups is 1. The van der Waals surface area contributed by atoms with Crippen molar-refractivity contribution in [1.82, 2.24) is 5.32 Å². The minimum atomic E-state index is -0.574. The van der Waals surface area contributed by atoms with Gasteiger partial charge < -0.3 is 10.4 Å². The van der Waals surface area contributed by atoms with Crippen molar-refractivity contribution in [2.24, 2.45) is 0 Å². The summed E-state index contributed by atoms with van der Waals surface area (Å²) in [5.41, 5.74) is 0. The monoisotopic (exact) mass is 493 g/mol. The standard InChI is InChI=1S/C32H63NO2/c1-4-7-9-11-13-15-16-17-18-20-21-23-25-28-31(34)30(27-6-3)33-32(35)29-26-24-22-19-14-12-10-8-5-2/h25,28,30-31,34H,4-24,26-27,29H2,1-3H3,(H,33,35)/b28-25+/t30-,31+/m0/s1. The van der Waals surface area contributed by atoms with Gasteiger partial charge in [-0.2, -0.15) is 0 Å². The maximum Gasteiger partial charge on any atom is 0.220 e. The summed E-state index contributed by atoms with van der Waals surface area (Å²) < 4.78 is 0. The highest BCUT2D eigenvalue weighted by atomic mass is 16.3. The molecule has 0 unspecified atom stereocenters. The fourth-order valence-corrected chi connectivity index (χ4v) is 4.81. The molecule has 35 heavy (non-hydrogen) atoms. The number of carbonyl (C=O) groups is 1. The van der Waals surface area contributed by atoms with Crippen LogP contribution in [0, 0.1) is 0 Å². The lowest BCUT2D eigenvalue weighted by Crippen LogP contribution is -2.42. The highest BCUT2D eigenvalue weighted by Gasteiger charge is 2.18. The van der Waals surface area contributed by atoms with Crippen molar-refractivity contribution in [1.29, 1.82) is 0 Å². The fraction of sp³-hybridized carbons (Fsp3) is 0.906. The number of aliphatic hydroxyl groups excluding tert-OH is 1. The molecule has 0 spiro atoms. The van der Waals surface area contributed by atoms with E-state index in [0.717, 1.165) is 32.1 Å². The van der Waals surface area contributed by atoms with Crippen LogP contribution < -0.4 is 5.32 Å². The SMILES string of the molecule is CCCCCCCCCCCCC/C=C/[C@@H](O)[C@H](CCC)NC(=O)CCCCCCCCCCC. The zero-order valence-corrected chi connectivity index (χ0v) is 24.1. The zero-order chi connectivity index (χ0) is 25.8. The first-order chi connectivity index (χ1) is 17.2. The molecule has 0 aromatic rings. The average Bonchev–Trinajstić information content (AvgIpc) is 2.85. The summed E-state index contributed by atoms with van der Waals surface area (Å²) in [5.74, 6) is 0.101. The summed E-state index contributed by atoms with van der Waals surface area (Å²) in [6.07, 6.45) is 33.2. The predicted octanol–water partition coefficient (Wildman–Crippen LogP) is 9.81. The summed E-state index contributed by atoms with van der Waals surface area (Å²) >= 11 is 0.